The lowest BCUT2D eigenvalue weighted by Crippen LogP contribution is -2.46. The minimum absolute atomic E-state index is 0.0395. The van der Waals surface area contributed by atoms with E-state index in [2.05, 4.69) is 10.6 Å². The van der Waals surface area contributed by atoms with Gasteiger partial charge in [-0.1, -0.05) is 48.5 Å². The molecule has 37 heavy (non-hydrogen) atoms. The van der Waals surface area contributed by atoms with Gasteiger partial charge in [0.1, 0.15) is 6.04 Å². The Balaban J connectivity index is 1.31. The highest BCUT2D eigenvalue weighted by Crippen LogP contribution is 2.51. The van der Waals surface area contributed by atoms with Crippen molar-refractivity contribution in [3.05, 3.63) is 71.8 Å². The maximum atomic E-state index is 13.1. The number of carbonyl (C=O) groups is 4. The minimum Gasteiger partial charge on any atom is -0.480 e. The van der Waals surface area contributed by atoms with Crippen molar-refractivity contribution >= 4 is 47.1 Å². The number of hydrogen-bond acceptors (Lipinski definition) is 7. The Bertz CT molecular complexity index is 1110. The van der Waals surface area contributed by atoms with Gasteiger partial charge in [0.05, 0.1) is 16.7 Å². The molecule has 2 saturated heterocycles. The maximum Gasteiger partial charge on any atom is 0.326 e. The fourth-order valence-electron chi connectivity index (χ4n) is 4.64. The summed E-state index contributed by atoms with van der Waals surface area (Å²) in [7, 11) is 0. The lowest BCUT2D eigenvalue weighted by Gasteiger charge is -2.23. The molecule has 4 rings (SSSR count). The van der Waals surface area contributed by atoms with Gasteiger partial charge >= 0.3 is 5.97 Å². The number of amides is 2. The van der Waals surface area contributed by atoms with Crippen LogP contribution in [0.1, 0.15) is 28.8 Å². The van der Waals surface area contributed by atoms with Crippen molar-refractivity contribution in [3.8, 4) is 0 Å². The van der Waals surface area contributed by atoms with E-state index in [-0.39, 0.29) is 41.2 Å². The number of hydrogen-bond donors (Lipinski definition) is 3. The normalized spacial score (nSPS) is 19.0. The van der Waals surface area contributed by atoms with Crippen LogP contribution in [0.2, 0.25) is 0 Å². The second-order valence-electron chi connectivity index (χ2n) is 9.16. The number of carbonyl (C=O) groups excluding carboxylic acids is 3. The predicted octanol–water partition coefficient (Wildman–Crippen LogP) is 2.44. The zero-order chi connectivity index (χ0) is 26.3. The number of ketones is 1. The summed E-state index contributed by atoms with van der Waals surface area (Å²) in [5.74, 6) is 0.211. The maximum absolute atomic E-state index is 13.1. The first-order valence-corrected chi connectivity index (χ1v) is 14.3. The van der Waals surface area contributed by atoms with Gasteiger partial charge in [0, 0.05) is 43.0 Å². The standard InChI is InChI=1S/C27H31N3O5S2/c31-23(21(15-19-7-3-1-4-8-19)29-25(33)20-9-5-2-6-10-20)11-12-28-17-24(32)30-18-27(36-13-14-37-27)16-22(30)26(34)35/h1-10,21-22,28H,11-18H2,(H,29,33)(H,34,35). The fourth-order valence-corrected chi connectivity index (χ4v) is 7.89. The number of thioether (sulfide) groups is 2. The van der Waals surface area contributed by atoms with Crippen molar-refractivity contribution < 1.29 is 24.3 Å². The molecular formula is C27H31N3O5S2. The van der Waals surface area contributed by atoms with Crippen molar-refractivity contribution in [1.82, 2.24) is 15.5 Å². The molecule has 10 heteroatoms. The van der Waals surface area contributed by atoms with Crippen LogP contribution in [0.3, 0.4) is 0 Å². The highest BCUT2D eigenvalue weighted by molar-refractivity contribution is 8.21. The van der Waals surface area contributed by atoms with Crippen LogP contribution in [0.4, 0.5) is 0 Å². The van der Waals surface area contributed by atoms with Crippen molar-refractivity contribution in [2.45, 2.75) is 35.4 Å². The molecule has 2 atom stereocenters. The van der Waals surface area contributed by atoms with Gasteiger partial charge in [-0.2, -0.15) is 0 Å². The molecule has 2 aromatic rings. The largest absolute Gasteiger partial charge is 0.480 e. The van der Waals surface area contributed by atoms with Crippen LogP contribution in [0.25, 0.3) is 0 Å². The molecule has 2 heterocycles. The summed E-state index contributed by atoms with van der Waals surface area (Å²) < 4.78 is -0.226. The molecule has 0 saturated carbocycles. The van der Waals surface area contributed by atoms with Gasteiger partial charge in [0.15, 0.2) is 5.78 Å². The minimum atomic E-state index is -0.980. The number of Topliss-reactive ketones (excluding diaryl/α,β-unsaturated/α-hetero) is 1. The molecule has 2 unspecified atom stereocenters. The average Bonchev–Trinajstić information content (AvgIpc) is 3.54. The van der Waals surface area contributed by atoms with E-state index in [4.69, 9.17) is 0 Å². The van der Waals surface area contributed by atoms with E-state index in [0.29, 0.717) is 24.9 Å². The smallest absolute Gasteiger partial charge is 0.326 e. The summed E-state index contributed by atoms with van der Waals surface area (Å²) in [5.41, 5.74) is 1.41. The Morgan fingerprint density at radius 2 is 1.65 bits per heavy atom. The van der Waals surface area contributed by atoms with E-state index in [1.807, 2.05) is 36.4 Å². The van der Waals surface area contributed by atoms with E-state index < -0.39 is 18.1 Å². The van der Waals surface area contributed by atoms with Crippen LogP contribution >= 0.6 is 23.5 Å². The van der Waals surface area contributed by atoms with Gasteiger partial charge in [-0.25, -0.2) is 4.79 Å². The van der Waals surface area contributed by atoms with E-state index in [9.17, 15) is 24.3 Å². The van der Waals surface area contributed by atoms with Crippen LogP contribution < -0.4 is 10.6 Å². The van der Waals surface area contributed by atoms with E-state index in [0.717, 1.165) is 17.1 Å². The zero-order valence-electron chi connectivity index (χ0n) is 20.4. The summed E-state index contributed by atoms with van der Waals surface area (Å²) in [6.07, 6.45) is 0.935. The van der Waals surface area contributed by atoms with Gasteiger partial charge in [-0.05, 0) is 24.1 Å². The molecule has 8 nitrogen and oxygen atoms in total. The van der Waals surface area contributed by atoms with Crippen LogP contribution in [0, 0.1) is 0 Å². The molecule has 2 aromatic carbocycles. The lowest BCUT2D eigenvalue weighted by atomic mass is 10.00. The monoisotopic (exact) mass is 541 g/mol. The van der Waals surface area contributed by atoms with Gasteiger partial charge in [0.25, 0.3) is 5.91 Å². The van der Waals surface area contributed by atoms with Crippen molar-refractivity contribution in [2.24, 2.45) is 0 Å². The molecule has 2 aliphatic rings. The van der Waals surface area contributed by atoms with Crippen molar-refractivity contribution in [2.75, 3.05) is 31.1 Å². The van der Waals surface area contributed by atoms with Gasteiger partial charge < -0.3 is 20.6 Å². The van der Waals surface area contributed by atoms with Gasteiger partial charge in [-0.3, -0.25) is 14.4 Å². The molecule has 0 bridgehead atoms. The highest BCUT2D eigenvalue weighted by Gasteiger charge is 2.51. The number of carboxylic acids is 1. The molecule has 2 aliphatic heterocycles. The first kappa shape index (κ1) is 27.2. The Labute approximate surface area is 224 Å². The third kappa shape index (κ3) is 7.15. The Kier molecular flexibility index (Phi) is 9.28. The van der Waals surface area contributed by atoms with E-state index in [1.54, 1.807) is 47.8 Å². The van der Waals surface area contributed by atoms with Crippen LogP contribution in [0.15, 0.2) is 60.7 Å². The molecule has 196 valence electrons. The predicted molar refractivity (Wildman–Crippen MR) is 146 cm³/mol. The summed E-state index contributed by atoms with van der Waals surface area (Å²) in [4.78, 5) is 51.9. The molecule has 2 amide bonds. The van der Waals surface area contributed by atoms with Gasteiger partial charge in [-0.15, -0.1) is 23.5 Å². The van der Waals surface area contributed by atoms with Gasteiger partial charge in [0.2, 0.25) is 5.91 Å². The van der Waals surface area contributed by atoms with E-state index >= 15 is 0 Å². The van der Waals surface area contributed by atoms with Crippen molar-refractivity contribution in [3.63, 3.8) is 0 Å². The number of nitrogens with one attached hydrogen (secondary N) is 2. The van der Waals surface area contributed by atoms with Crippen LogP contribution in [0.5, 0.6) is 0 Å². The summed E-state index contributed by atoms with van der Waals surface area (Å²) in [6, 6.07) is 16.7. The Morgan fingerprint density at radius 1 is 1.00 bits per heavy atom. The number of likely N-dealkylation sites (tertiary alicyclic amines) is 1. The topological polar surface area (TPSA) is 116 Å². The molecule has 3 N–H and O–H groups in total. The number of carboxylic acid groups (broad SMARTS) is 1. The second-order valence-corrected chi connectivity index (χ2v) is 12.4. The zero-order valence-corrected chi connectivity index (χ0v) is 22.1. The number of benzene rings is 2. The molecule has 2 fully saturated rings. The highest BCUT2D eigenvalue weighted by atomic mass is 32.2. The SMILES string of the molecule is O=C(NC(Cc1ccccc1)C(=O)CCNCC(=O)N1CC2(CC1C(=O)O)SCCS2)c1ccccc1. The fraction of sp³-hybridized carbons (Fsp3) is 0.407. The van der Waals surface area contributed by atoms with Crippen molar-refractivity contribution in [1.29, 1.82) is 0 Å². The quantitative estimate of drug-likeness (QED) is 0.372. The number of rotatable bonds is 11. The third-order valence-electron chi connectivity index (χ3n) is 6.55. The Hall–Kier alpha value is -2.82. The second kappa shape index (κ2) is 12.6. The summed E-state index contributed by atoms with van der Waals surface area (Å²) in [6.45, 7) is 0.628. The molecule has 0 radical (unpaired) electrons. The molecular weight excluding hydrogens is 510 g/mol. The molecule has 0 aromatic heterocycles. The number of nitrogens with zero attached hydrogens (tertiary/aromatic N) is 1. The molecule has 0 aliphatic carbocycles. The number of aliphatic carboxylic acids is 1. The summed E-state index contributed by atoms with van der Waals surface area (Å²) >= 11 is 3.48. The summed E-state index contributed by atoms with van der Waals surface area (Å²) in [5, 5.41) is 15.5. The lowest BCUT2D eigenvalue weighted by molar-refractivity contribution is -0.147. The van der Waals surface area contributed by atoms with E-state index in [1.165, 1.54) is 4.90 Å². The van der Waals surface area contributed by atoms with Crippen LogP contribution in [-0.4, -0.2) is 80.9 Å². The van der Waals surface area contributed by atoms with Crippen LogP contribution in [-0.2, 0) is 20.8 Å². The first-order chi connectivity index (χ1) is 17.9. The molecule has 1 spiro atoms. The average molecular weight is 542 g/mol. The first-order valence-electron chi connectivity index (χ1n) is 12.3. The third-order valence-corrected chi connectivity index (χ3v) is 9.97. The Morgan fingerprint density at radius 3 is 2.30 bits per heavy atom.